The Bertz CT molecular complexity index is 640. The van der Waals surface area contributed by atoms with Gasteiger partial charge >= 0.3 is 0 Å². The highest BCUT2D eigenvalue weighted by Gasteiger charge is 2.44. The molecule has 2 heterocycles. The van der Waals surface area contributed by atoms with Gasteiger partial charge in [0.25, 0.3) is 0 Å². The largest absolute Gasteiger partial charge is 0.322 e. The topological polar surface area (TPSA) is 29.9 Å². The van der Waals surface area contributed by atoms with Gasteiger partial charge in [0, 0.05) is 17.5 Å². The highest BCUT2D eigenvalue weighted by atomic mass is 15.2. The molecule has 3 rings (SSSR count). The predicted molar refractivity (Wildman–Crippen MR) is 88.7 cm³/mol. The molecule has 1 aromatic carbocycles. The summed E-state index contributed by atoms with van der Waals surface area (Å²) < 4.78 is 2.47. The van der Waals surface area contributed by atoms with Crippen LogP contribution in [0.5, 0.6) is 0 Å². The van der Waals surface area contributed by atoms with Gasteiger partial charge in [-0.15, -0.1) is 0 Å². The van der Waals surface area contributed by atoms with Crippen molar-refractivity contribution in [1.29, 1.82) is 0 Å². The Morgan fingerprint density at radius 1 is 1.24 bits per heavy atom. The van der Waals surface area contributed by atoms with Crippen molar-refractivity contribution in [1.82, 2.24) is 14.9 Å². The molecule has 1 aliphatic heterocycles. The first-order valence-corrected chi connectivity index (χ1v) is 8.05. The molecule has 0 saturated carbocycles. The number of fused-ring (bicyclic) bond motifs is 1. The summed E-state index contributed by atoms with van der Waals surface area (Å²) in [5.74, 6) is 1.83. The highest BCUT2D eigenvalue weighted by Crippen LogP contribution is 2.40. The number of nitrogens with zero attached hydrogens (tertiary/aromatic N) is 2. The SMILES string of the molecule is CC(C)C1(c2nc3ccccc3n2C(C)(C)C)CCNC1. The second-order valence-electron chi connectivity index (χ2n) is 7.67. The van der Waals surface area contributed by atoms with Crippen LogP contribution in [0.4, 0.5) is 0 Å². The Morgan fingerprint density at radius 2 is 1.95 bits per heavy atom. The minimum atomic E-state index is 0.0376. The average Bonchev–Trinajstić information content (AvgIpc) is 3.03. The lowest BCUT2D eigenvalue weighted by molar-refractivity contribution is 0.278. The summed E-state index contributed by atoms with van der Waals surface area (Å²) in [5, 5.41) is 3.56. The van der Waals surface area contributed by atoms with Crippen LogP contribution in [0.2, 0.25) is 0 Å². The fourth-order valence-electron chi connectivity index (χ4n) is 3.69. The molecule has 2 aromatic rings. The van der Waals surface area contributed by atoms with Gasteiger partial charge in [0.1, 0.15) is 5.82 Å². The second-order valence-corrected chi connectivity index (χ2v) is 7.67. The molecule has 21 heavy (non-hydrogen) atoms. The van der Waals surface area contributed by atoms with Crippen molar-refractivity contribution >= 4 is 11.0 Å². The summed E-state index contributed by atoms with van der Waals surface area (Å²) in [5.41, 5.74) is 2.56. The van der Waals surface area contributed by atoms with Crippen molar-refractivity contribution in [3.8, 4) is 0 Å². The van der Waals surface area contributed by atoms with Crippen LogP contribution in [-0.2, 0) is 11.0 Å². The lowest BCUT2D eigenvalue weighted by Crippen LogP contribution is -2.40. The van der Waals surface area contributed by atoms with Gasteiger partial charge in [0.05, 0.1) is 11.0 Å². The fourth-order valence-corrected chi connectivity index (χ4v) is 3.69. The monoisotopic (exact) mass is 285 g/mol. The zero-order valence-electron chi connectivity index (χ0n) is 13.9. The van der Waals surface area contributed by atoms with Gasteiger partial charge < -0.3 is 9.88 Å². The molecule has 114 valence electrons. The number of aromatic nitrogens is 2. The van der Waals surface area contributed by atoms with Gasteiger partial charge in [0.15, 0.2) is 0 Å². The molecule has 0 aliphatic carbocycles. The number of hydrogen-bond acceptors (Lipinski definition) is 2. The van der Waals surface area contributed by atoms with Crippen LogP contribution in [0.3, 0.4) is 0 Å². The first kappa shape index (κ1) is 14.6. The molecule has 3 heteroatoms. The first-order chi connectivity index (χ1) is 9.86. The van der Waals surface area contributed by atoms with Gasteiger partial charge in [-0.25, -0.2) is 4.98 Å². The van der Waals surface area contributed by atoms with Gasteiger partial charge in [-0.05, 0) is 51.8 Å². The van der Waals surface area contributed by atoms with E-state index in [1.807, 2.05) is 0 Å². The molecule has 0 radical (unpaired) electrons. The molecule has 1 atom stereocenters. The molecule has 0 bridgehead atoms. The number of rotatable bonds is 2. The zero-order valence-corrected chi connectivity index (χ0v) is 13.9. The van der Waals surface area contributed by atoms with Crippen molar-refractivity contribution in [2.24, 2.45) is 5.92 Å². The van der Waals surface area contributed by atoms with Crippen molar-refractivity contribution in [2.45, 2.75) is 52.0 Å². The van der Waals surface area contributed by atoms with E-state index in [1.54, 1.807) is 0 Å². The van der Waals surface area contributed by atoms with E-state index in [9.17, 15) is 0 Å². The standard InChI is InChI=1S/C18H27N3/c1-13(2)18(10-11-19-12-18)16-20-14-8-6-7-9-15(14)21(16)17(3,4)5/h6-9,13,19H,10-12H2,1-5H3. The van der Waals surface area contributed by atoms with Gasteiger partial charge in [-0.3, -0.25) is 0 Å². The summed E-state index contributed by atoms with van der Waals surface area (Å²) in [7, 11) is 0. The summed E-state index contributed by atoms with van der Waals surface area (Å²) in [4.78, 5) is 5.08. The maximum absolute atomic E-state index is 5.08. The van der Waals surface area contributed by atoms with Crippen molar-refractivity contribution in [3.63, 3.8) is 0 Å². The van der Waals surface area contributed by atoms with E-state index in [0.717, 1.165) is 18.6 Å². The van der Waals surface area contributed by atoms with Crippen LogP contribution in [0.1, 0.15) is 46.9 Å². The third-order valence-electron chi connectivity index (χ3n) is 4.97. The highest BCUT2D eigenvalue weighted by molar-refractivity contribution is 5.76. The predicted octanol–water partition coefficient (Wildman–Crippen LogP) is 3.68. The van der Waals surface area contributed by atoms with Crippen LogP contribution < -0.4 is 5.32 Å². The Hall–Kier alpha value is -1.35. The lowest BCUT2D eigenvalue weighted by atomic mass is 9.75. The minimum Gasteiger partial charge on any atom is -0.322 e. The van der Waals surface area contributed by atoms with E-state index in [0.29, 0.717) is 5.92 Å². The number of benzene rings is 1. The molecule has 1 aromatic heterocycles. The molecule has 1 saturated heterocycles. The van der Waals surface area contributed by atoms with E-state index >= 15 is 0 Å². The molecule has 0 amide bonds. The molecule has 0 spiro atoms. The van der Waals surface area contributed by atoms with Gasteiger partial charge in [-0.2, -0.15) is 0 Å². The quantitative estimate of drug-likeness (QED) is 0.912. The summed E-state index contributed by atoms with van der Waals surface area (Å²) in [6.07, 6.45) is 1.17. The summed E-state index contributed by atoms with van der Waals surface area (Å²) >= 11 is 0. The van der Waals surface area contributed by atoms with Crippen molar-refractivity contribution < 1.29 is 0 Å². The van der Waals surface area contributed by atoms with Crippen LogP contribution in [0, 0.1) is 5.92 Å². The van der Waals surface area contributed by atoms with Gasteiger partial charge in [-0.1, -0.05) is 26.0 Å². The molecule has 1 fully saturated rings. The summed E-state index contributed by atoms with van der Waals surface area (Å²) in [6.45, 7) is 13.6. The molecular formula is C18H27N3. The fraction of sp³-hybridized carbons (Fsp3) is 0.611. The van der Waals surface area contributed by atoms with E-state index in [4.69, 9.17) is 4.98 Å². The Labute approximate surface area is 127 Å². The Balaban J connectivity index is 2.31. The summed E-state index contributed by atoms with van der Waals surface area (Å²) in [6, 6.07) is 8.54. The van der Waals surface area contributed by atoms with Crippen LogP contribution >= 0.6 is 0 Å². The molecule has 3 nitrogen and oxygen atoms in total. The number of hydrogen-bond donors (Lipinski definition) is 1. The third-order valence-corrected chi connectivity index (χ3v) is 4.97. The van der Waals surface area contributed by atoms with E-state index in [2.05, 4.69) is 68.8 Å². The average molecular weight is 285 g/mol. The maximum Gasteiger partial charge on any atom is 0.118 e. The van der Waals surface area contributed by atoms with Gasteiger partial charge in [0.2, 0.25) is 0 Å². The Morgan fingerprint density at radius 3 is 2.52 bits per heavy atom. The zero-order chi connectivity index (χ0) is 15.3. The number of imidazole rings is 1. The molecule has 1 N–H and O–H groups in total. The van der Waals surface area contributed by atoms with Crippen molar-refractivity contribution in [2.75, 3.05) is 13.1 Å². The third kappa shape index (κ3) is 2.18. The lowest BCUT2D eigenvalue weighted by Gasteiger charge is -2.36. The van der Waals surface area contributed by atoms with Crippen LogP contribution in [0.25, 0.3) is 11.0 Å². The van der Waals surface area contributed by atoms with E-state index < -0.39 is 0 Å². The first-order valence-electron chi connectivity index (χ1n) is 8.05. The normalized spacial score (nSPS) is 23.3. The molecule has 1 unspecified atom stereocenters. The molecular weight excluding hydrogens is 258 g/mol. The van der Waals surface area contributed by atoms with E-state index in [1.165, 1.54) is 17.8 Å². The van der Waals surface area contributed by atoms with Crippen molar-refractivity contribution in [3.05, 3.63) is 30.1 Å². The second kappa shape index (κ2) is 4.84. The number of nitrogens with one attached hydrogen (secondary N) is 1. The smallest absolute Gasteiger partial charge is 0.118 e. The number of para-hydroxylation sites is 2. The minimum absolute atomic E-state index is 0.0376. The van der Waals surface area contributed by atoms with Crippen LogP contribution in [0.15, 0.2) is 24.3 Å². The maximum atomic E-state index is 5.08. The van der Waals surface area contributed by atoms with E-state index in [-0.39, 0.29) is 11.0 Å². The Kier molecular flexibility index (Phi) is 3.36. The van der Waals surface area contributed by atoms with Crippen LogP contribution in [-0.4, -0.2) is 22.6 Å². The molecule has 1 aliphatic rings.